The Morgan fingerprint density at radius 1 is 0.821 bits per heavy atom. The van der Waals surface area contributed by atoms with Crippen LogP contribution in [0.2, 0.25) is 0 Å². The highest BCUT2D eigenvalue weighted by Crippen LogP contribution is 2.40. The molecule has 28 heavy (non-hydrogen) atoms. The second-order valence-electron chi connectivity index (χ2n) is 8.51. The first-order valence-corrected chi connectivity index (χ1v) is 10.2. The Bertz CT molecular complexity index is 913. The van der Waals surface area contributed by atoms with Crippen molar-refractivity contribution in [3.63, 3.8) is 0 Å². The van der Waals surface area contributed by atoms with Crippen LogP contribution in [0, 0.1) is 34.7 Å². The number of nitrogens with zero attached hydrogens (tertiary/aromatic N) is 1. The summed E-state index contributed by atoms with van der Waals surface area (Å²) in [6.07, 6.45) is 5.75. The van der Waals surface area contributed by atoms with Crippen LogP contribution in [-0.2, 0) is 12.8 Å². The molecule has 0 N–H and O–H groups in total. The van der Waals surface area contributed by atoms with E-state index in [2.05, 4.69) is 6.92 Å². The Kier molecular flexibility index (Phi) is 5.19. The number of halogens is 3. The number of rotatable bonds is 2. The maximum Gasteiger partial charge on any atom is 0.141 e. The van der Waals surface area contributed by atoms with Crippen molar-refractivity contribution in [2.45, 2.75) is 63.7 Å². The van der Waals surface area contributed by atoms with Gasteiger partial charge in [-0.05, 0) is 90.8 Å². The van der Waals surface area contributed by atoms with Crippen LogP contribution in [-0.4, -0.2) is 0 Å². The predicted octanol–water partition coefficient (Wildman–Crippen LogP) is 6.54. The Labute approximate surface area is 164 Å². The minimum Gasteiger partial charge on any atom is -0.207 e. The standard InChI is InChI=1S/C24H24F3N/c1-14-2-4-15(5-3-14)19-11-22(26)24(23(27)12-19)17-7-6-16-8-20(13-28)21(25)10-18(16)9-17/h8,10-12,14-15,17H,2-7,9H2,1H3. The van der Waals surface area contributed by atoms with Gasteiger partial charge in [0.2, 0.25) is 0 Å². The fraction of sp³-hybridized carbons (Fsp3) is 0.458. The fourth-order valence-corrected chi connectivity index (χ4v) is 4.93. The summed E-state index contributed by atoms with van der Waals surface area (Å²) in [6.45, 7) is 2.23. The molecule has 0 amide bonds. The lowest BCUT2D eigenvalue weighted by molar-refractivity contribution is 0.346. The van der Waals surface area contributed by atoms with Crippen LogP contribution in [0.3, 0.4) is 0 Å². The second-order valence-corrected chi connectivity index (χ2v) is 8.51. The third-order valence-corrected chi connectivity index (χ3v) is 6.64. The van der Waals surface area contributed by atoms with Gasteiger partial charge in [-0.2, -0.15) is 5.26 Å². The Hall–Kier alpha value is -2.28. The van der Waals surface area contributed by atoms with E-state index in [0.717, 1.165) is 42.4 Å². The van der Waals surface area contributed by atoms with Crippen molar-refractivity contribution in [3.05, 3.63) is 69.5 Å². The first-order chi connectivity index (χ1) is 13.5. The first kappa shape index (κ1) is 19.1. The van der Waals surface area contributed by atoms with Gasteiger partial charge in [0.15, 0.2) is 0 Å². The van der Waals surface area contributed by atoms with Gasteiger partial charge in [-0.15, -0.1) is 0 Å². The summed E-state index contributed by atoms with van der Waals surface area (Å²) < 4.78 is 43.9. The van der Waals surface area contributed by atoms with Crippen molar-refractivity contribution in [1.82, 2.24) is 0 Å². The lowest BCUT2D eigenvalue weighted by Gasteiger charge is -2.29. The first-order valence-electron chi connectivity index (χ1n) is 10.2. The highest BCUT2D eigenvalue weighted by molar-refractivity contribution is 5.43. The molecule has 2 aliphatic rings. The minimum atomic E-state index is -0.565. The molecule has 0 bridgehead atoms. The zero-order valence-corrected chi connectivity index (χ0v) is 16.1. The molecular formula is C24H24F3N. The molecule has 146 valence electrons. The molecule has 2 aromatic rings. The molecule has 1 fully saturated rings. The van der Waals surface area contributed by atoms with E-state index in [4.69, 9.17) is 5.26 Å². The largest absolute Gasteiger partial charge is 0.207 e. The smallest absolute Gasteiger partial charge is 0.141 e. The van der Waals surface area contributed by atoms with Crippen molar-refractivity contribution in [2.24, 2.45) is 5.92 Å². The van der Waals surface area contributed by atoms with Crippen LogP contribution in [0.1, 0.15) is 78.7 Å². The van der Waals surface area contributed by atoms with Gasteiger partial charge in [-0.25, -0.2) is 13.2 Å². The molecule has 2 aromatic carbocycles. The van der Waals surface area contributed by atoms with E-state index < -0.39 is 17.5 Å². The average molecular weight is 383 g/mol. The van der Waals surface area contributed by atoms with Gasteiger partial charge in [0.25, 0.3) is 0 Å². The van der Waals surface area contributed by atoms with Crippen LogP contribution in [0.4, 0.5) is 13.2 Å². The zero-order chi connectivity index (χ0) is 19.8. The summed E-state index contributed by atoms with van der Waals surface area (Å²) in [5, 5.41) is 8.98. The molecule has 4 rings (SSSR count). The van der Waals surface area contributed by atoms with Crippen molar-refractivity contribution >= 4 is 0 Å². The molecule has 0 aromatic heterocycles. The second kappa shape index (κ2) is 7.62. The van der Waals surface area contributed by atoms with E-state index in [1.807, 2.05) is 6.07 Å². The topological polar surface area (TPSA) is 23.8 Å². The van der Waals surface area contributed by atoms with Crippen LogP contribution in [0.15, 0.2) is 24.3 Å². The SMILES string of the molecule is CC1CCC(c2cc(F)c(C3CCc4cc(C#N)c(F)cc4C3)c(F)c2)CC1. The quantitative estimate of drug-likeness (QED) is 0.577. The summed E-state index contributed by atoms with van der Waals surface area (Å²) in [5.41, 5.74) is 2.58. The van der Waals surface area contributed by atoms with Gasteiger partial charge in [-0.1, -0.05) is 19.8 Å². The fourth-order valence-electron chi connectivity index (χ4n) is 4.93. The summed E-state index contributed by atoms with van der Waals surface area (Å²) in [5.74, 6) is -0.897. The number of hydrogen-bond acceptors (Lipinski definition) is 1. The molecule has 0 aliphatic heterocycles. The Morgan fingerprint density at radius 3 is 2.14 bits per heavy atom. The summed E-state index contributed by atoms with van der Waals surface area (Å²) >= 11 is 0. The van der Waals surface area contributed by atoms with Crippen molar-refractivity contribution in [2.75, 3.05) is 0 Å². The van der Waals surface area contributed by atoms with Gasteiger partial charge in [0, 0.05) is 5.56 Å². The van der Waals surface area contributed by atoms with Gasteiger partial charge in [-0.3, -0.25) is 0 Å². The van der Waals surface area contributed by atoms with E-state index in [1.54, 1.807) is 6.07 Å². The molecule has 0 heterocycles. The molecule has 2 aliphatic carbocycles. The molecule has 1 atom stereocenters. The number of fused-ring (bicyclic) bond motifs is 1. The summed E-state index contributed by atoms with van der Waals surface area (Å²) in [6, 6.07) is 7.82. The highest BCUT2D eigenvalue weighted by atomic mass is 19.1. The van der Waals surface area contributed by atoms with Gasteiger partial charge < -0.3 is 0 Å². The van der Waals surface area contributed by atoms with Crippen molar-refractivity contribution in [1.29, 1.82) is 5.26 Å². The maximum absolute atomic E-state index is 14.9. The number of benzene rings is 2. The molecule has 0 spiro atoms. The molecule has 1 nitrogen and oxygen atoms in total. The number of nitriles is 1. The third kappa shape index (κ3) is 3.55. The van der Waals surface area contributed by atoms with Gasteiger partial charge in [0.05, 0.1) is 5.56 Å². The lowest BCUT2D eigenvalue weighted by atomic mass is 9.77. The van der Waals surface area contributed by atoms with Crippen molar-refractivity contribution in [3.8, 4) is 6.07 Å². The van der Waals surface area contributed by atoms with E-state index in [1.165, 1.54) is 18.2 Å². The molecule has 0 radical (unpaired) electrons. The van der Waals surface area contributed by atoms with Crippen LogP contribution in [0.5, 0.6) is 0 Å². The maximum atomic E-state index is 14.9. The number of aryl methyl sites for hydroxylation is 1. The van der Waals surface area contributed by atoms with E-state index in [-0.39, 0.29) is 23.0 Å². The van der Waals surface area contributed by atoms with Crippen LogP contribution < -0.4 is 0 Å². The predicted molar refractivity (Wildman–Crippen MR) is 103 cm³/mol. The van der Waals surface area contributed by atoms with E-state index in [0.29, 0.717) is 25.2 Å². The average Bonchev–Trinajstić information content (AvgIpc) is 2.67. The molecule has 4 heteroatoms. The third-order valence-electron chi connectivity index (χ3n) is 6.64. The minimum absolute atomic E-state index is 0.0284. The number of hydrogen-bond donors (Lipinski definition) is 0. The monoisotopic (exact) mass is 383 g/mol. The summed E-state index contributed by atoms with van der Waals surface area (Å²) in [7, 11) is 0. The molecule has 1 unspecified atom stereocenters. The highest BCUT2D eigenvalue weighted by Gasteiger charge is 2.28. The summed E-state index contributed by atoms with van der Waals surface area (Å²) in [4.78, 5) is 0. The van der Waals surface area contributed by atoms with Crippen LogP contribution >= 0.6 is 0 Å². The van der Waals surface area contributed by atoms with E-state index in [9.17, 15) is 13.2 Å². The molecule has 0 saturated heterocycles. The van der Waals surface area contributed by atoms with Gasteiger partial charge in [0.1, 0.15) is 23.5 Å². The Morgan fingerprint density at radius 2 is 1.50 bits per heavy atom. The van der Waals surface area contributed by atoms with Crippen molar-refractivity contribution < 1.29 is 13.2 Å². The molecular weight excluding hydrogens is 359 g/mol. The van der Waals surface area contributed by atoms with E-state index >= 15 is 0 Å². The zero-order valence-electron chi connectivity index (χ0n) is 16.1. The van der Waals surface area contributed by atoms with Crippen LogP contribution in [0.25, 0.3) is 0 Å². The normalized spacial score (nSPS) is 24.5. The van der Waals surface area contributed by atoms with Gasteiger partial charge >= 0.3 is 0 Å². The Balaban J connectivity index is 1.60. The lowest BCUT2D eigenvalue weighted by Crippen LogP contribution is -2.17. The molecule has 1 saturated carbocycles.